The molecule has 110 valence electrons. The van der Waals surface area contributed by atoms with E-state index in [2.05, 4.69) is 10.2 Å². The van der Waals surface area contributed by atoms with Crippen LogP contribution in [0.15, 0.2) is 24.3 Å². The molecule has 2 aliphatic rings. The minimum Gasteiger partial charge on any atom is -0.381 e. The molecule has 0 unspecified atom stereocenters. The van der Waals surface area contributed by atoms with Gasteiger partial charge in [-0.15, -0.1) is 0 Å². The van der Waals surface area contributed by atoms with E-state index < -0.39 is 0 Å². The van der Waals surface area contributed by atoms with E-state index in [1.807, 2.05) is 12.1 Å². The Morgan fingerprint density at radius 2 is 1.75 bits per heavy atom. The predicted octanol–water partition coefficient (Wildman–Crippen LogP) is 2.20. The van der Waals surface area contributed by atoms with Crippen LogP contribution in [0.1, 0.15) is 24.4 Å². The molecule has 0 saturated carbocycles. The molecule has 3 rings (SSSR count). The van der Waals surface area contributed by atoms with Crippen LogP contribution in [0.25, 0.3) is 0 Å². The van der Waals surface area contributed by atoms with Crippen molar-refractivity contribution < 1.29 is 9.13 Å². The molecule has 0 radical (unpaired) electrons. The molecule has 1 atom stereocenters. The van der Waals surface area contributed by atoms with Crippen molar-refractivity contribution in [2.24, 2.45) is 5.92 Å². The van der Waals surface area contributed by atoms with Crippen molar-refractivity contribution in [2.75, 3.05) is 39.4 Å². The maximum Gasteiger partial charge on any atom is 0.123 e. The van der Waals surface area contributed by atoms with Crippen molar-refractivity contribution in [2.45, 2.75) is 18.9 Å². The van der Waals surface area contributed by atoms with E-state index in [0.29, 0.717) is 12.0 Å². The summed E-state index contributed by atoms with van der Waals surface area (Å²) in [6, 6.07) is 7.49. The normalized spacial score (nSPS) is 23.6. The minimum absolute atomic E-state index is 0.153. The molecule has 3 nitrogen and oxygen atoms in total. The molecular formula is C16H23FN2O. The SMILES string of the molecule is Fc1ccc([C@@H](C2CCOCC2)N2CCNCC2)cc1. The molecule has 4 heteroatoms. The van der Waals surface area contributed by atoms with Gasteiger partial charge in [-0.05, 0) is 36.5 Å². The second-order valence-electron chi connectivity index (χ2n) is 5.73. The maximum absolute atomic E-state index is 13.2. The highest BCUT2D eigenvalue weighted by Crippen LogP contribution is 2.35. The number of rotatable bonds is 3. The van der Waals surface area contributed by atoms with Crippen molar-refractivity contribution in [3.63, 3.8) is 0 Å². The maximum atomic E-state index is 13.2. The van der Waals surface area contributed by atoms with E-state index in [1.54, 1.807) is 12.1 Å². The third kappa shape index (κ3) is 3.19. The Balaban J connectivity index is 1.83. The first kappa shape index (κ1) is 14.0. The fraction of sp³-hybridized carbons (Fsp3) is 0.625. The third-order valence-electron chi connectivity index (χ3n) is 4.47. The zero-order valence-corrected chi connectivity index (χ0v) is 11.9. The summed E-state index contributed by atoms with van der Waals surface area (Å²) in [5.74, 6) is 0.465. The molecule has 2 heterocycles. The van der Waals surface area contributed by atoms with E-state index in [-0.39, 0.29) is 5.82 Å². The standard InChI is InChI=1S/C16H23FN2O/c17-15-3-1-13(2-4-15)16(14-5-11-20-12-6-14)19-9-7-18-8-10-19/h1-4,14,16,18H,5-12H2/t16-/m0/s1. The van der Waals surface area contributed by atoms with E-state index in [9.17, 15) is 4.39 Å². The Labute approximate surface area is 120 Å². The highest BCUT2D eigenvalue weighted by Gasteiger charge is 2.31. The van der Waals surface area contributed by atoms with Gasteiger partial charge in [-0.25, -0.2) is 4.39 Å². The molecule has 2 saturated heterocycles. The first-order valence-electron chi connectivity index (χ1n) is 7.62. The summed E-state index contributed by atoms with van der Waals surface area (Å²) >= 11 is 0. The van der Waals surface area contributed by atoms with Gasteiger partial charge in [-0.1, -0.05) is 12.1 Å². The number of halogens is 1. The Hall–Kier alpha value is -0.970. The van der Waals surface area contributed by atoms with Crippen LogP contribution in [0.5, 0.6) is 0 Å². The first-order valence-corrected chi connectivity index (χ1v) is 7.62. The van der Waals surface area contributed by atoms with Gasteiger partial charge >= 0.3 is 0 Å². The van der Waals surface area contributed by atoms with Crippen LogP contribution in [0.4, 0.5) is 4.39 Å². The van der Waals surface area contributed by atoms with Crippen LogP contribution >= 0.6 is 0 Å². The monoisotopic (exact) mass is 278 g/mol. The summed E-state index contributed by atoms with van der Waals surface area (Å²) in [5, 5.41) is 3.41. The summed E-state index contributed by atoms with van der Waals surface area (Å²) < 4.78 is 18.7. The fourth-order valence-electron chi connectivity index (χ4n) is 3.43. The summed E-state index contributed by atoms with van der Waals surface area (Å²) in [5.41, 5.74) is 1.25. The number of benzene rings is 1. The quantitative estimate of drug-likeness (QED) is 0.917. The van der Waals surface area contributed by atoms with Crippen molar-refractivity contribution in [1.82, 2.24) is 10.2 Å². The van der Waals surface area contributed by atoms with E-state index in [4.69, 9.17) is 4.74 Å². The average Bonchev–Trinajstić information content (AvgIpc) is 2.52. The van der Waals surface area contributed by atoms with Crippen LogP contribution < -0.4 is 5.32 Å². The summed E-state index contributed by atoms with van der Waals surface area (Å²) in [7, 11) is 0. The van der Waals surface area contributed by atoms with Crippen molar-refractivity contribution >= 4 is 0 Å². The number of hydrogen-bond acceptors (Lipinski definition) is 3. The zero-order chi connectivity index (χ0) is 13.8. The summed E-state index contributed by atoms with van der Waals surface area (Å²) in [6.45, 7) is 5.93. The minimum atomic E-state index is -0.153. The van der Waals surface area contributed by atoms with Gasteiger partial charge < -0.3 is 10.1 Å². The Morgan fingerprint density at radius 3 is 2.40 bits per heavy atom. The molecular weight excluding hydrogens is 255 g/mol. The molecule has 2 fully saturated rings. The summed E-state index contributed by atoms with van der Waals surface area (Å²) in [4.78, 5) is 2.56. The fourth-order valence-corrected chi connectivity index (χ4v) is 3.43. The lowest BCUT2D eigenvalue weighted by atomic mass is 9.85. The molecule has 0 aromatic heterocycles. The van der Waals surface area contributed by atoms with E-state index >= 15 is 0 Å². The van der Waals surface area contributed by atoms with Gasteiger partial charge in [0.05, 0.1) is 0 Å². The van der Waals surface area contributed by atoms with Crippen LogP contribution in [-0.4, -0.2) is 44.3 Å². The van der Waals surface area contributed by atoms with Gasteiger partial charge in [-0.2, -0.15) is 0 Å². The summed E-state index contributed by atoms with van der Waals surface area (Å²) in [6.07, 6.45) is 2.21. The molecule has 1 aromatic rings. The van der Waals surface area contributed by atoms with Gasteiger partial charge in [-0.3, -0.25) is 4.90 Å². The van der Waals surface area contributed by atoms with Crippen molar-refractivity contribution in [3.8, 4) is 0 Å². The third-order valence-corrected chi connectivity index (χ3v) is 4.47. The molecule has 2 aliphatic heterocycles. The largest absolute Gasteiger partial charge is 0.381 e. The number of nitrogens with one attached hydrogen (secondary N) is 1. The molecule has 1 aromatic carbocycles. The molecule has 0 bridgehead atoms. The van der Waals surface area contributed by atoms with Gasteiger partial charge in [0.15, 0.2) is 0 Å². The lowest BCUT2D eigenvalue weighted by molar-refractivity contribution is 0.0213. The Bertz CT molecular complexity index is 393. The Morgan fingerprint density at radius 1 is 1.10 bits per heavy atom. The lowest BCUT2D eigenvalue weighted by Crippen LogP contribution is -2.47. The Kier molecular flexibility index (Phi) is 4.65. The van der Waals surface area contributed by atoms with E-state index in [0.717, 1.165) is 52.2 Å². The second-order valence-corrected chi connectivity index (χ2v) is 5.73. The molecule has 0 aliphatic carbocycles. The molecule has 1 N–H and O–H groups in total. The number of ether oxygens (including phenoxy) is 1. The van der Waals surface area contributed by atoms with Crippen LogP contribution in [0.2, 0.25) is 0 Å². The molecule has 20 heavy (non-hydrogen) atoms. The van der Waals surface area contributed by atoms with Gasteiger partial charge in [0, 0.05) is 45.4 Å². The van der Waals surface area contributed by atoms with Crippen LogP contribution in [-0.2, 0) is 4.74 Å². The topological polar surface area (TPSA) is 24.5 Å². The van der Waals surface area contributed by atoms with Crippen molar-refractivity contribution in [1.29, 1.82) is 0 Å². The predicted molar refractivity (Wildman–Crippen MR) is 77.1 cm³/mol. The van der Waals surface area contributed by atoms with E-state index in [1.165, 1.54) is 5.56 Å². The number of nitrogens with zero attached hydrogens (tertiary/aromatic N) is 1. The second kappa shape index (κ2) is 6.66. The first-order chi connectivity index (χ1) is 9.84. The number of hydrogen-bond donors (Lipinski definition) is 1. The molecule has 0 amide bonds. The highest BCUT2D eigenvalue weighted by atomic mass is 19.1. The van der Waals surface area contributed by atoms with Gasteiger partial charge in [0.2, 0.25) is 0 Å². The average molecular weight is 278 g/mol. The zero-order valence-electron chi connectivity index (χ0n) is 11.9. The van der Waals surface area contributed by atoms with Crippen molar-refractivity contribution in [3.05, 3.63) is 35.6 Å². The van der Waals surface area contributed by atoms with Gasteiger partial charge in [0.25, 0.3) is 0 Å². The van der Waals surface area contributed by atoms with Crippen LogP contribution in [0.3, 0.4) is 0 Å². The lowest BCUT2D eigenvalue weighted by Gasteiger charge is -2.41. The number of piperazine rings is 1. The molecule has 0 spiro atoms. The van der Waals surface area contributed by atoms with Gasteiger partial charge in [0.1, 0.15) is 5.82 Å². The highest BCUT2D eigenvalue weighted by molar-refractivity contribution is 5.21. The van der Waals surface area contributed by atoms with Crippen LogP contribution in [0, 0.1) is 11.7 Å². The smallest absolute Gasteiger partial charge is 0.123 e.